The first kappa shape index (κ1) is 18.8. The molecule has 3 rings (SSSR count). The molecule has 0 aliphatic heterocycles. The Morgan fingerprint density at radius 1 is 1.11 bits per heavy atom. The van der Waals surface area contributed by atoms with Gasteiger partial charge in [0.05, 0.1) is 0 Å². The van der Waals surface area contributed by atoms with Crippen molar-refractivity contribution >= 4 is 23.1 Å². The molecular formula is C22H25N3O2. The Hall–Kier alpha value is -2.95. The van der Waals surface area contributed by atoms with E-state index >= 15 is 0 Å². The Labute approximate surface area is 159 Å². The summed E-state index contributed by atoms with van der Waals surface area (Å²) in [5.41, 5.74) is 4.01. The number of benzene rings is 1. The number of rotatable bonds is 7. The van der Waals surface area contributed by atoms with E-state index in [0.29, 0.717) is 17.8 Å². The first-order valence-electron chi connectivity index (χ1n) is 9.42. The summed E-state index contributed by atoms with van der Waals surface area (Å²) in [6.45, 7) is 2.17. The predicted molar refractivity (Wildman–Crippen MR) is 107 cm³/mol. The number of anilines is 2. The first-order chi connectivity index (χ1) is 13.1. The molecule has 140 valence electrons. The van der Waals surface area contributed by atoms with Crippen LogP contribution in [-0.2, 0) is 0 Å². The van der Waals surface area contributed by atoms with Crippen LogP contribution in [0.5, 0.6) is 0 Å². The predicted octanol–water partition coefficient (Wildman–Crippen LogP) is 4.65. The third kappa shape index (κ3) is 5.51. The average Bonchev–Trinajstić information content (AvgIpc) is 2.69. The lowest BCUT2D eigenvalue weighted by Crippen LogP contribution is -2.25. The molecule has 0 spiro atoms. The van der Waals surface area contributed by atoms with Gasteiger partial charge in [-0.1, -0.05) is 23.8 Å². The van der Waals surface area contributed by atoms with Crippen molar-refractivity contribution in [3.8, 4) is 0 Å². The maximum Gasteiger partial charge on any atom is 0.269 e. The van der Waals surface area contributed by atoms with Crippen molar-refractivity contribution in [2.75, 3.05) is 11.9 Å². The average molecular weight is 363 g/mol. The number of allylic oxidation sites excluding steroid dienone is 1. The lowest BCUT2D eigenvalue weighted by Gasteiger charge is -2.13. The SMILES string of the molecule is CC(=O)c1cccc(Nc2ccnc(C(=O)NCCC3=CCCCC3)c2)c1. The fraction of sp³-hybridized carbons (Fsp3) is 0.318. The lowest BCUT2D eigenvalue weighted by molar-refractivity contribution is 0.0948. The minimum Gasteiger partial charge on any atom is -0.355 e. The highest BCUT2D eigenvalue weighted by molar-refractivity contribution is 5.95. The van der Waals surface area contributed by atoms with Gasteiger partial charge in [0.1, 0.15) is 5.69 Å². The quantitative estimate of drug-likeness (QED) is 0.555. The molecule has 0 unspecified atom stereocenters. The van der Waals surface area contributed by atoms with E-state index in [4.69, 9.17) is 0 Å². The van der Waals surface area contributed by atoms with Crippen LogP contribution in [0.15, 0.2) is 54.2 Å². The number of nitrogens with zero attached hydrogens (tertiary/aromatic N) is 1. The Balaban J connectivity index is 1.59. The van der Waals surface area contributed by atoms with Crippen molar-refractivity contribution in [2.24, 2.45) is 0 Å². The van der Waals surface area contributed by atoms with Crippen LogP contribution in [0.2, 0.25) is 0 Å². The van der Waals surface area contributed by atoms with Crippen molar-refractivity contribution in [3.05, 3.63) is 65.5 Å². The van der Waals surface area contributed by atoms with Gasteiger partial charge in [-0.05, 0) is 63.3 Å². The van der Waals surface area contributed by atoms with Crippen molar-refractivity contribution in [3.63, 3.8) is 0 Å². The van der Waals surface area contributed by atoms with Gasteiger partial charge in [-0.3, -0.25) is 14.6 Å². The number of nitrogens with one attached hydrogen (secondary N) is 2. The molecule has 0 radical (unpaired) electrons. The van der Waals surface area contributed by atoms with Gasteiger partial charge in [0, 0.05) is 29.7 Å². The summed E-state index contributed by atoms with van der Waals surface area (Å²) in [5, 5.41) is 6.17. The van der Waals surface area contributed by atoms with Crippen LogP contribution in [0.1, 0.15) is 59.9 Å². The smallest absolute Gasteiger partial charge is 0.269 e. The Kier molecular flexibility index (Phi) is 6.36. The Morgan fingerprint density at radius 2 is 1.96 bits per heavy atom. The fourth-order valence-corrected chi connectivity index (χ4v) is 3.17. The number of carbonyl (C=O) groups is 2. The topological polar surface area (TPSA) is 71.1 Å². The van der Waals surface area contributed by atoms with Crippen LogP contribution in [0, 0.1) is 0 Å². The third-order valence-corrected chi connectivity index (χ3v) is 4.67. The zero-order valence-corrected chi connectivity index (χ0v) is 15.6. The molecule has 1 aromatic heterocycles. The molecule has 0 saturated carbocycles. The lowest BCUT2D eigenvalue weighted by atomic mass is 9.97. The van der Waals surface area contributed by atoms with Crippen molar-refractivity contribution in [1.82, 2.24) is 10.3 Å². The molecule has 0 bridgehead atoms. The molecule has 5 nitrogen and oxygen atoms in total. The second-order valence-corrected chi connectivity index (χ2v) is 6.81. The fourth-order valence-electron chi connectivity index (χ4n) is 3.17. The number of Topliss-reactive ketones (excluding diaryl/α,β-unsaturated/α-hetero) is 1. The first-order valence-corrected chi connectivity index (χ1v) is 9.42. The second kappa shape index (κ2) is 9.12. The molecule has 27 heavy (non-hydrogen) atoms. The van der Waals surface area contributed by atoms with Gasteiger partial charge in [-0.25, -0.2) is 0 Å². The van der Waals surface area contributed by atoms with Crippen LogP contribution >= 0.6 is 0 Å². The van der Waals surface area contributed by atoms with Gasteiger partial charge in [0.15, 0.2) is 5.78 Å². The molecule has 1 aromatic carbocycles. The molecule has 1 amide bonds. The van der Waals surface area contributed by atoms with Crippen molar-refractivity contribution in [2.45, 2.75) is 39.0 Å². The zero-order valence-electron chi connectivity index (χ0n) is 15.6. The number of ketones is 1. The van der Waals surface area contributed by atoms with E-state index in [1.807, 2.05) is 12.1 Å². The monoisotopic (exact) mass is 363 g/mol. The summed E-state index contributed by atoms with van der Waals surface area (Å²) < 4.78 is 0. The molecule has 1 aliphatic rings. The molecule has 1 aliphatic carbocycles. The summed E-state index contributed by atoms with van der Waals surface area (Å²) in [7, 11) is 0. The van der Waals surface area contributed by atoms with Gasteiger partial charge >= 0.3 is 0 Å². The van der Waals surface area contributed by atoms with Gasteiger partial charge < -0.3 is 10.6 Å². The largest absolute Gasteiger partial charge is 0.355 e. The number of carbonyl (C=O) groups excluding carboxylic acids is 2. The molecule has 0 fully saturated rings. The highest BCUT2D eigenvalue weighted by Gasteiger charge is 2.09. The highest BCUT2D eigenvalue weighted by atomic mass is 16.1. The maximum absolute atomic E-state index is 12.4. The highest BCUT2D eigenvalue weighted by Crippen LogP contribution is 2.20. The number of pyridine rings is 1. The maximum atomic E-state index is 12.4. The summed E-state index contributed by atoms with van der Waals surface area (Å²) in [4.78, 5) is 28.1. The van der Waals surface area contributed by atoms with Gasteiger partial charge in [0.25, 0.3) is 5.91 Å². The van der Waals surface area contributed by atoms with Gasteiger partial charge in [0.2, 0.25) is 0 Å². The summed E-state index contributed by atoms with van der Waals surface area (Å²) in [6, 6.07) is 10.8. The Bertz CT molecular complexity index is 858. The van der Waals surface area contributed by atoms with E-state index in [1.165, 1.54) is 25.3 Å². The number of amides is 1. The number of hydrogen-bond acceptors (Lipinski definition) is 4. The minimum absolute atomic E-state index is 0.0153. The van der Waals surface area contributed by atoms with Crippen LogP contribution in [-0.4, -0.2) is 23.2 Å². The number of hydrogen-bond donors (Lipinski definition) is 2. The molecule has 0 saturated heterocycles. The zero-order chi connectivity index (χ0) is 19.1. The molecular weight excluding hydrogens is 338 g/mol. The van der Waals surface area contributed by atoms with E-state index in [-0.39, 0.29) is 11.7 Å². The third-order valence-electron chi connectivity index (χ3n) is 4.67. The standard InChI is InChI=1S/C22H25N3O2/c1-16(26)18-8-5-9-19(14-18)25-20-11-13-23-21(15-20)22(27)24-12-10-17-6-3-2-4-7-17/h5-6,8-9,11,13-15H,2-4,7,10,12H2,1H3,(H,23,25)(H,24,27). The summed E-state index contributed by atoms with van der Waals surface area (Å²) in [6.07, 6.45) is 9.63. The molecule has 0 atom stereocenters. The van der Waals surface area contributed by atoms with Crippen LogP contribution in [0.25, 0.3) is 0 Å². The van der Waals surface area contributed by atoms with Crippen molar-refractivity contribution < 1.29 is 9.59 Å². The van der Waals surface area contributed by atoms with Gasteiger partial charge in [-0.15, -0.1) is 0 Å². The molecule has 2 N–H and O–H groups in total. The van der Waals surface area contributed by atoms with E-state index in [2.05, 4.69) is 21.7 Å². The van der Waals surface area contributed by atoms with Crippen LogP contribution < -0.4 is 10.6 Å². The summed E-state index contributed by atoms with van der Waals surface area (Å²) >= 11 is 0. The van der Waals surface area contributed by atoms with E-state index < -0.39 is 0 Å². The van der Waals surface area contributed by atoms with Crippen molar-refractivity contribution in [1.29, 1.82) is 0 Å². The van der Waals surface area contributed by atoms with Crippen LogP contribution in [0.4, 0.5) is 11.4 Å². The molecule has 1 heterocycles. The number of aromatic nitrogens is 1. The van der Waals surface area contributed by atoms with E-state index in [1.54, 1.807) is 30.5 Å². The van der Waals surface area contributed by atoms with E-state index in [0.717, 1.165) is 30.6 Å². The molecule has 2 aromatic rings. The molecule has 5 heteroatoms. The van der Waals surface area contributed by atoms with Crippen LogP contribution in [0.3, 0.4) is 0 Å². The summed E-state index contributed by atoms with van der Waals surface area (Å²) in [5.74, 6) is -0.158. The Morgan fingerprint density at radius 3 is 2.74 bits per heavy atom. The van der Waals surface area contributed by atoms with E-state index in [9.17, 15) is 9.59 Å². The second-order valence-electron chi connectivity index (χ2n) is 6.81. The minimum atomic E-state index is -0.174. The van der Waals surface area contributed by atoms with Gasteiger partial charge in [-0.2, -0.15) is 0 Å². The normalized spacial score (nSPS) is 13.6.